The summed E-state index contributed by atoms with van der Waals surface area (Å²) in [6.45, 7) is 5.63. The van der Waals surface area contributed by atoms with Crippen molar-refractivity contribution < 1.29 is 23.5 Å². The van der Waals surface area contributed by atoms with Crippen LogP contribution < -0.4 is 16.0 Å². The minimum absolute atomic E-state index is 0.0365. The molecule has 0 aromatic heterocycles. The molecule has 0 aliphatic carbocycles. The monoisotopic (exact) mass is 429 g/mol. The number of rotatable bonds is 8. The summed E-state index contributed by atoms with van der Waals surface area (Å²) in [7, 11) is 0. The second-order valence-corrected chi connectivity index (χ2v) is 7.97. The molecule has 8 heteroatoms. The van der Waals surface area contributed by atoms with Crippen LogP contribution in [0.15, 0.2) is 48.5 Å². The van der Waals surface area contributed by atoms with Gasteiger partial charge in [0.05, 0.1) is 6.42 Å². The number of hydrogen-bond acceptors (Lipinski definition) is 4. The van der Waals surface area contributed by atoms with E-state index >= 15 is 0 Å². The number of alkyl carbamates (subject to hydrolysis) is 1. The fourth-order valence-electron chi connectivity index (χ4n) is 2.70. The molecular formula is C23H28FN3O4. The fourth-order valence-corrected chi connectivity index (χ4v) is 2.70. The molecule has 0 saturated heterocycles. The van der Waals surface area contributed by atoms with Gasteiger partial charge in [-0.15, -0.1) is 0 Å². The first kappa shape index (κ1) is 23.9. The Kier molecular flexibility index (Phi) is 8.54. The summed E-state index contributed by atoms with van der Waals surface area (Å²) in [4.78, 5) is 36.0. The molecule has 2 aromatic carbocycles. The van der Waals surface area contributed by atoms with Crippen LogP contribution in [0.1, 0.15) is 38.3 Å². The number of para-hydroxylation sites is 1. The van der Waals surface area contributed by atoms with E-state index in [0.29, 0.717) is 11.3 Å². The molecule has 166 valence electrons. The van der Waals surface area contributed by atoms with Gasteiger partial charge in [-0.2, -0.15) is 0 Å². The molecule has 3 N–H and O–H groups in total. The molecule has 3 amide bonds. The Balaban J connectivity index is 1.81. The number of ether oxygens (including phenoxy) is 1. The second kappa shape index (κ2) is 11.1. The maximum Gasteiger partial charge on any atom is 0.407 e. The first-order valence-corrected chi connectivity index (χ1v) is 9.98. The Hall–Kier alpha value is -3.42. The van der Waals surface area contributed by atoms with E-state index in [1.165, 1.54) is 12.1 Å². The standard InChI is InChI=1S/C23H28FN3O4/c1-23(2,3)31-22(30)25-12-11-20(28)26-15-17-8-4-5-10-19(17)27-21(29)14-16-7-6-9-18(24)13-16/h4-10,13H,11-12,14-15H2,1-3H3,(H,25,30)(H,26,28)(H,27,29). The lowest BCUT2D eigenvalue weighted by Gasteiger charge is -2.19. The Labute approximate surface area is 181 Å². The maximum absolute atomic E-state index is 13.3. The average molecular weight is 429 g/mol. The molecule has 7 nitrogen and oxygen atoms in total. The third kappa shape index (κ3) is 9.29. The van der Waals surface area contributed by atoms with Crippen molar-refractivity contribution in [3.8, 4) is 0 Å². The van der Waals surface area contributed by atoms with Crippen molar-refractivity contribution in [2.45, 2.75) is 45.8 Å². The lowest BCUT2D eigenvalue weighted by Crippen LogP contribution is -2.35. The molecule has 0 radical (unpaired) electrons. The summed E-state index contributed by atoms with van der Waals surface area (Å²) < 4.78 is 18.4. The van der Waals surface area contributed by atoms with Crippen LogP contribution in [0.25, 0.3) is 0 Å². The van der Waals surface area contributed by atoms with Gasteiger partial charge < -0.3 is 20.7 Å². The predicted molar refractivity (Wildman–Crippen MR) is 116 cm³/mol. The summed E-state index contributed by atoms with van der Waals surface area (Å²) in [5.41, 5.74) is 1.26. The van der Waals surface area contributed by atoms with Gasteiger partial charge in [-0.25, -0.2) is 9.18 Å². The van der Waals surface area contributed by atoms with Crippen molar-refractivity contribution in [3.05, 3.63) is 65.5 Å². The fraction of sp³-hybridized carbons (Fsp3) is 0.348. The Bertz CT molecular complexity index is 925. The average Bonchev–Trinajstić information content (AvgIpc) is 2.66. The van der Waals surface area contributed by atoms with Crippen LogP contribution in [0.5, 0.6) is 0 Å². The zero-order valence-electron chi connectivity index (χ0n) is 18.0. The molecule has 2 aromatic rings. The van der Waals surface area contributed by atoms with Crippen molar-refractivity contribution in [2.24, 2.45) is 0 Å². The van der Waals surface area contributed by atoms with E-state index in [0.717, 1.165) is 5.56 Å². The molecule has 2 rings (SSSR count). The van der Waals surface area contributed by atoms with Crippen molar-refractivity contribution >= 4 is 23.6 Å². The lowest BCUT2D eigenvalue weighted by atomic mass is 10.1. The van der Waals surface area contributed by atoms with Crippen LogP contribution in [0.2, 0.25) is 0 Å². The van der Waals surface area contributed by atoms with Crippen LogP contribution in [-0.2, 0) is 27.3 Å². The molecular weight excluding hydrogens is 401 g/mol. The van der Waals surface area contributed by atoms with Gasteiger partial charge in [0, 0.05) is 25.2 Å². The molecule has 0 bridgehead atoms. The van der Waals surface area contributed by atoms with Crippen LogP contribution in [0.4, 0.5) is 14.9 Å². The maximum atomic E-state index is 13.3. The van der Waals surface area contributed by atoms with Crippen LogP contribution >= 0.6 is 0 Å². The highest BCUT2D eigenvalue weighted by Gasteiger charge is 2.16. The largest absolute Gasteiger partial charge is 0.444 e. The summed E-state index contributed by atoms with van der Waals surface area (Å²) >= 11 is 0. The van der Waals surface area contributed by atoms with Gasteiger partial charge in [0.25, 0.3) is 0 Å². The zero-order chi connectivity index (χ0) is 22.9. The van der Waals surface area contributed by atoms with Crippen LogP contribution in [-0.4, -0.2) is 30.1 Å². The van der Waals surface area contributed by atoms with Crippen molar-refractivity contribution in [3.63, 3.8) is 0 Å². The normalized spacial score (nSPS) is 10.8. The molecule has 0 aliphatic rings. The lowest BCUT2D eigenvalue weighted by molar-refractivity contribution is -0.121. The van der Waals surface area contributed by atoms with Crippen molar-refractivity contribution in [1.82, 2.24) is 10.6 Å². The van der Waals surface area contributed by atoms with Gasteiger partial charge in [0.1, 0.15) is 11.4 Å². The number of nitrogens with one attached hydrogen (secondary N) is 3. The van der Waals surface area contributed by atoms with E-state index in [4.69, 9.17) is 4.74 Å². The summed E-state index contributed by atoms with van der Waals surface area (Å²) in [5, 5.41) is 8.08. The number of carbonyl (C=O) groups excluding carboxylic acids is 3. The molecule has 0 unspecified atom stereocenters. The van der Waals surface area contributed by atoms with Crippen LogP contribution in [0.3, 0.4) is 0 Å². The Morgan fingerprint density at radius 1 is 0.968 bits per heavy atom. The van der Waals surface area contributed by atoms with Gasteiger partial charge in [-0.1, -0.05) is 30.3 Å². The van der Waals surface area contributed by atoms with Gasteiger partial charge in [0.15, 0.2) is 0 Å². The number of halogens is 1. The number of benzene rings is 2. The summed E-state index contributed by atoms with van der Waals surface area (Å²) in [5.74, 6) is -0.933. The summed E-state index contributed by atoms with van der Waals surface area (Å²) in [6.07, 6.45) is -0.450. The number of amides is 3. The Morgan fingerprint density at radius 3 is 2.42 bits per heavy atom. The molecule has 0 heterocycles. The first-order chi connectivity index (χ1) is 14.6. The minimum Gasteiger partial charge on any atom is -0.444 e. The van der Waals surface area contributed by atoms with Gasteiger partial charge in [-0.05, 0) is 50.1 Å². The van der Waals surface area contributed by atoms with E-state index in [2.05, 4.69) is 16.0 Å². The van der Waals surface area contributed by atoms with E-state index < -0.39 is 17.5 Å². The number of carbonyl (C=O) groups is 3. The van der Waals surface area contributed by atoms with Gasteiger partial charge in [0.2, 0.25) is 11.8 Å². The van der Waals surface area contributed by atoms with E-state index in [9.17, 15) is 18.8 Å². The van der Waals surface area contributed by atoms with E-state index in [1.807, 2.05) is 0 Å². The first-order valence-electron chi connectivity index (χ1n) is 9.98. The quantitative estimate of drug-likeness (QED) is 0.598. The smallest absolute Gasteiger partial charge is 0.407 e. The van der Waals surface area contributed by atoms with Crippen molar-refractivity contribution in [1.29, 1.82) is 0 Å². The highest BCUT2D eigenvalue weighted by Crippen LogP contribution is 2.16. The molecule has 0 saturated carbocycles. The number of anilines is 1. The molecule has 0 aliphatic heterocycles. The highest BCUT2D eigenvalue weighted by molar-refractivity contribution is 5.93. The van der Waals surface area contributed by atoms with Gasteiger partial charge >= 0.3 is 6.09 Å². The molecule has 0 fully saturated rings. The molecule has 0 spiro atoms. The highest BCUT2D eigenvalue weighted by atomic mass is 19.1. The predicted octanol–water partition coefficient (Wildman–Crippen LogP) is 3.54. The SMILES string of the molecule is CC(C)(C)OC(=O)NCCC(=O)NCc1ccccc1NC(=O)Cc1cccc(F)c1. The summed E-state index contributed by atoms with van der Waals surface area (Å²) in [6, 6.07) is 13.0. The van der Waals surface area contributed by atoms with Gasteiger partial charge in [-0.3, -0.25) is 9.59 Å². The second-order valence-electron chi connectivity index (χ2n) is 7.97. The topological polar surface area (TPSA) is 96.5 Å². The van der Waals surface area contributed by atoms with Crippen LogP contribution in [0, 0.1) is 5.82 Å². The molecule has 31 heavy (non-hydrogen) atoms. The Morgan fingerprint density at radius 2 is 1.71 bits per heavy atom. The zero-order valence-corrected chi connectivity index (χ0v) is 18.0. The third-order valence-corrected chi connectivity index (χ3v) is 4.04. The third-order valence-electron chi connectivity index (χ3n) is 4.04. The van der Waals surface area contributed by atoms with E-state index in [1.54, 1.807) is 57.2 Å². The molecule has 0 atom stereocenters. The minimum atomic E-state index is -0.602. The van der Waals surface area contributed by atoms with E-state index in [-0.39, 0.29) is 37.7 Å². The number of hydrogen-bond donors (Lipinski definition) is 3. The van der Waals surface area contributed by atoms with Crippen molar-refractivity contribution in [2.75, 3.05) is 11.9 Å².